The topological polar surface area (TPSA) is 106 Å². The van der Waals surface area contributed by atoms with E-state index < -0.39 is 23.7 Å². The van der Waals surface area contributed by atoms with Crippen molar-refractivity contribution in [2.45, 2.75) is 32.4 Å². The van der Waals surface area contributed by atoms with Crippen molar-refractivity contribution in [1.82, 2.24) is 9.80 Å². The monoisotopic (exact) mass is 509 g/mol. The van der Waals surface area contributed by atoms with Gasteiger partial charge in [0.15, 0.2) is 0 Å². The van der Waals surface area contributed by atoms with Crippen LogP contribution < -0.4 is 4.90 Å². The molecule has 0 unspecified atom stereocenters. The Labute approximate surface area is 215 Å². The molecule has 2 heterocycles. The van der Waals surface area contributed by atoms with Gasteiger partial charge in [0.05, 0.1) is 5.56 Å². The normalized spacial score (nSPS) is 17.9. The number of ether oxygens (including phenoxy) is 3. The summed E-state index contributed by atoms with van der Waals surface area (Å²) in [6.45, 7) is 7.08. The van der Waals surface area contributed by atoms with Gasteiger partial charge in [0.25, 0.3) is 5.91 Å². The number of cyclic esters (lactones) is 1. The molecule has 2 aliphatic rings. The SMILES string of the molecule is CC(C)(C)OC(=O)N1CCN(C(=O)c2ccc(N3C(=O)OC[C@H]3COC(=O)c3ccccc3)cc2)CC1. The first-order valence-corrected chi connectivity index (χ1v) is 12.2. The number of nitrogens with zero attached hydrogens (tertiary/aromatic N) is 3. The molecule has 4 rings (SSSR count). The molecule has 2 aromatic rings. The lowest BCUT2D eigenvalue weighted by molar-refractivity contribution is 0.0140. The lowest BCUT2D eigenvalue weighted by Crippen LogP contribution is -2.51. The fourth-order valence-electron chi connectivity index (χ4n) is 4.09. The Morgan fingerprint density at radius 3 is 2.14 bits per heavy atom. The molecular formula is C27H31N3O7. The molecule has 0 aromatic heterocycles. The minimum Gasteiger partial charge on any atom is -0.460 e. The predicted molar refractivity (Wildman–Crippen MR) is 134 cm³/mol. The maximum atomic E-state index is 13.0. The zero-order valence-electron chi connectivity index (χ0n) is 21.2. The first-order chi connectivity index (χ1) is 17.6. The van der Waals surface area contributed by atoms with E-state index in [2.05, 4.69) is 0 Å². The van der Waals surface area contributed by atoms with Crippen molar-refractivity contribution >= 4 is 29.8 Å². The molecular weight excluding hydrogens is 478 g/mol. The second kappa shape index (κ2) is 10.9. The molecule has 3 amide bonds. The number of hydrogen-bond donors (Lipinski definition) is 0. The van der Waals surface area contributed by atoms with Gasteiger partial charge in [-0.1, -0.05) is 18.2 Å². The largest absolute Gasteiger partial charge is 0.460 e. The summed E-state index contributed by atoms with van der Waals surface area (Å²) >= 11 is 0. The van der Waals surface area contributed by atoms with Gasteiger partial charge in [0.2, 0.25) is 0 Å². The van der Waals surface area contributed by atoms with E-state index in [1.54, 1.807) is 64.4 Å². The minimum absolute atomic E-state index is 0.0257. The summed E-state index contributed by atoms with van der Waals surface area (Å²) in [6, 6.07) is 14.8. The number of hydrogen-bond acceptors (Lipinski definition) is 7. The van der Waals surface area contributed by atoms with Gasteiger partial charge in [0, 0.05) is 37.4 Å². The summed E-state index contributed by atoms with van der Waals surface area (Å²) in [6.07, 6.45) is -0.927. The smallest absolute Gasteiger partial charge is 0.414 e. The quantitative estimate of drug-likeness (QED) is 0.448. The molecule has 0 radical (unpaired) electrons. The number of carbonyl (C=O) groups is 4. The van der Waals surface area contributed by atoms with E-state index in [1.807, 2.05) is 20.8 Å². The first-order valence-electron chi connectivity index (χ1n) is 12.2. The van der Waals surface area contributed by atoms with Crippen LogP contribution in [0.5, 0.6) is 0 Å². The average Bonchev–Trinajstić information content (AvgIpc) is 3.26. The van der Waals surface area contributed by atoms with E-state index in [9.17, 15) is 19.2 Å². The van der Waals surface area contributed by atoms with Crippen molar-refractivity contribution in [3.63, 3.8) is 0 Å². The number of esters is 1. The van der Waals surface area contributed by atoms with Crippen LogP contribution in [-0.2, 0) is 14.2 Å². The molecule has 0 aliphatic carbocycles. The van der Waals surface area contributed by atoms with E-state index >= 15 is 0 Å². The molecule has 37 heavy (non-hydrogen) atoms. The summed E-state index contributed by atoms with van der Waals surface area (Å²) in [4.78, 5) is 54.6. The second-order valence-electron chi connectivity index (χ2n) is 9.87. The Hall–Kier alpha value is -4.08. The van der Waals surface area contributed by atoms with E-state index in [0.29, 0.717) is 43.0 Å². The van der Waals surface area contributed by atoms with E-state index in [1.165, 1.54) is 4.90 Å². The molecule has 2 aliphatic heterocycles. The molecule has 2 fully saturated rings. The number of rotatable bonds is 5. The van der Waals surface area contributed by atoms with Crippen LogP contribution in [0.1, 0.15) is 41.5 Å². The first kappa shape index (κ1) is 26.0. The van der Waals surface area contributed by atoms with Crippen LogP contribution in [0.2, 0.25) is 0 Å². The molecule has 0 spiro atoms. The van der Waals surface area contributed by atoms with Gasteiger partial charge >= 0.3 is 18.2 Å². The van der Waals surface area contributed by atoms with Crippen molar-refractivity contribution in [2.75, 3.05) is 44.3 Å². The van der Waals surface area contributed by atoms with Crippen LogP contribution in [-0.4, -0.2) is 84.9 Å². The third-order valence-corrected chi connectivity index (χ3v) is 5.99. The standard InChI is InChI=1S/C27H31N3O7/c1-27(2,3)37-25(33)29-15-13-28(14-16-29)23(31)19-9-11-21(12-10-19)30-22(18-36-26(30)34)17-35-24(32)20-7-5-4-6-8-20/h4-12,22H,13-18H2,1-3H3/t22-/m1/s1. The summed E-state index contributed by atoms with van der Waals surface area (Å²) in [5.74, 6) is -0.639. The third-order valence-electron chi connectivity index (χ3n) is 5.99. The summed E-state index contributed by atoms with van der Waals surface area (Å²) in [5, 5.41) is 0. The van der Waals surface area contributed by atoms with Crippen LogP contribution in [0, 0.1) is 0 Å². The van der Waals surface area contributed by atoms with Crippen LogP contribution in [0.4, 0.5) is 15.3 Å². The fourth-order valence-corrected chi connectivity index (χ4v) is 4.09. The number of piperazine rings is 1. The lowest BCUT2D eigenvalue weighted by atomic mass is 10.1. The van der Waals surface area contributed by atoms with Crippen molar-refractivity contribution < 1.29 is 33.4 Å². The van der Waals surface area contributed by atoms with Gasteiger partial charge in [-0.05, 0) is 57.2 Å². The van der Waals surface area contributed by atoms with Crippen molar-refractivity contribution in [3.05, 3.63) is 65.7 Å². The minimum atomic E-state index is -0.573. The number of carbonyl (C=O) groups excluding carboxylic acids is 4. The lowest BCUT2D eigenvalue weighted by Gasteiger charge is -2.35. The van der Waals surface area contributed by atoms with Gasteiger partial charge < -0.3 is 24.0 Å². The molecule has 10 heteroatoms. The summed E-state index contributed by atoms with van der Waals surface area (Å²) < 4.78 is 16.0. The maximum Gasteiger partial charge on any atom is 0.414 e. The predicted octanol–water partition coefficient (Wildman–Crippen LogP) is 3.56. The van der Waals surface area contributed by atoms with E-state index in [4.69, 9.17) is 14.2 Å². The van der Waals surface area contributed by atoms with Crippen LogP contribution in [0.25, 0.3) is 0 Å². The number of anilines is 1. The second-order valence-corrected chi connectivity index (χ2v) is 9.87. The number of amides is 3. The third kappa shape index (κ3) is 6.38. The number of benzene rings is 2. The van der Waals surface area contributed by atoms with Crippen LogP contribution in [0.3, 0.4) is 0 Å². The molecule has 196 valence electrons. The highest BCUT2D eigenvalue weighted by molar-refractivity contribution is 5.96. The van der Waals surface area contributed by atoms with Crippen LogP contribution in [0.15, 0.2) is 54.6 Å². The molecule has 2 saturated heterocycles. The van der Waals surface area contributed by atoms with Gasteiger partial charge in [-0.2, -0.15) is 0 Å². The average molecular weight is 510 g/mol. The van der Waals surface area contributed by atoms with E-state index in [-0.39, 0.29) is 25.2 Å². The van der Waals surface area contributed by atoms with Crippen molar-refractivity contribution in [3.8, 4) is 0 Å². The van der Waals surface area contributed by atoms with Crippen LogP contribution >= 0.6 is 0 Å². The van der Waals surface area contributed by atoms with Gasteiger partial charge in [-0.15, -0.1) is 0 Å². The summed E-state index contributed by atoms with van der Waals surface area (Å²) in [7, 11) is 0. The Balaban J connectivity index is 1.34. The fraction of sp³-hybridized carbons (Fsp3) is 0.407. The highest BCUT2D eigenvalue weighted by Gasteiger charge is 2.35. The Bertz CT molecular complexity index is 1140. The zero-order chi connectivity index (χ0) is 26.6. The summed E-state index contributed by atoms with van der Waals surface area (Å²) in [5.41, 5.74) is 0.855. The molecule has 0 saturated carbocycles. The zero-order valence-corrected chi connectivity index (χ0v) is 21.2. The Morgan fingerprint density at radius 1 is 0.892 bits per heavy atom. The van der Waals surface area contributed by atoms with E-state index in [0.717, 1.165) is 0 Å². The highest BCUT2D eigenvalue weighted by atomic mass is 16.6. The molecule has 0 N–H and O–H groups in total. The molecule has 1 atom stereocenters. The Morgan fingerprint density at radius 2 is 1.51 bits per heavy atom. The maximum absolute atomic E-state index is 13.0. The van der Waals surface area contributed by atoms with Gasteiger partial charge in [-0.3, -0.25) is 9.69 Å². The highest BCUT2D eigenvalue weighted by Crippen LogP contribution is 2.25. The van der Waals surface area contributed by atoms with Crippen molar-refractivity contribution in [1.29, 1.82) is 0 Å². The van der Waals surface area contributed by atoms with Crippen molar-refractivity contribution in [2.24, 2.45) is 0 Å². The Kier molecular flexibility index (Phi) is 7.66. The molecule has 2 aromatic carbocycles. The van der Waals surface area contributed by atoms with Gasteiger partial charge in [0.1, 0.15) is 24.9 Å². The molecule has 0 bridgehead atoms. The van der Waals surface area contributed by atoms with Gasteiger partial charge in [-0.25, -0.2) is 14.4 Å². The molecule has 10 nitrogen and oxygen atoms in total.